The number of hydrogen-bond donors (Lipinski definition) is 0. The molecule has 0 fully saturated rings. The van der Waals surface area contributed by atoms with E-state index in [1.807, 2.05) is 12.1 Å². The first kappa shape index (κ1) is 22.0. The summed E-state index contributed by atoms with van der Waals surface area (Å²) in [6, 6.07) is 7.16. The average Bonchev–Trinajstić information content (AvgIpc) is 2.49. The summed E-state index contributed by atoms with van der Waals surface area (Å²) in [4.78, 5) is 21.2. The molecular formula is C17H26BrNaO3. The van der Waals surface area contributed by atoms with E-state index in [1.54, 1.807) is 12.1 Å². The first-order valence-corrected chi connectivity index (χ1v) is 8.64. The summed E-state index contributed by atoms with van der Waals surface area (Å²) < 4.78 is 0.958. The first-order chi connectivity index (χ1) is 10.2. The molecule has 0 saturated carbocycles. The molecule has 0 aliphatic heterocycles. The van der Waals surface area contributed by atoms with Gasteiger partial charge in [0.25, 0.3) is 0 Å². The normalized spacial score (nSPS) is 9.91. The van der Waals surface area contributed by atoms with Gasteiger partial charge in [0.2, 0.25) is 0 Å². The molecule has 3 nitrogen and oxygen atoms in total. The fraction of sp³-hybridized carbons (Fsp3) is 0.588. The van der Waals surface area contributed by atoms with Crippen LogP contribution in [0.2, 0.25) is 0 Å². The van der Waals surface area contributed by atoms with Crippen molar-refractivity contribution < 1.29 is 45.6 Å². The molecule has 1 aromatic rings. The molecule has 0 saturated heterocycles. The van der Waals surface area contributed by atoms with Gasteiger partial charge in [0.15, 0.2) is 5.75 Å². The van der Waals surface area contributed by atoms with E-state index in [0.29, 0.717) is 12.2 Å². The minimum Gasteiger partial charge on any atom is -1.00 e. The minimum absolute atomic E-state index is 0. The van der Waals surface area contributed by atoms with E-state index < -0.39 is 0 Å². The Labute approximate surface area is 166 Å². The van der Waals surface area contributed by atoms with E-state index in [4.69, 9.17) is 9.78 Å². The Balaban J connectivity index is 0. The van der Waals surface area contributed by atoms with Crippen LogP contribution in [0.1, 0.15) is 66.1 Å². The molecule has 0 heterocycles. The predicted octanol–water partition coefficient (Wildman–Crippen LogP) is 2.93. The van der Waals surface area contributed by atoms with Crippen molar-refractivity contribution in [3.05, 3.63) is 28.7 Å². The molecule has 0 amide bonds. The maximum absolute atomic E-state index is 11.5. The topological polar surface area (TPSA) is 35.5 Å². The van der Waals surface area contributed by atoms with Gasteiger partial charge in [0.1, 0.15) is 0 Å². The number of unbranched alkanes of at least 4 members (excludes halogenated alkanes) is 7. The van der Waals surface area contributed by atoms with Crippen LogP contribution >= 0.6 is 15.9 Å². The zero-order valence-corrected chi connectivity index (χ0v) is 17.4. The smallest absolute Gasteiger partial charge is 1.00 e. The summed E-state index contributed by atoms with van der Waals surface area (Å²) >= 11 is 3.33. The van der Waals surface area contributed by atoms with Gasteiger partial charge in [-0.25, -0.2) is 4.79 Å². The Morgan fingerprint density at radius 2 is 1.55 bits per heavy atom. The third-order valence-corrected chi connectivity index (χ3v) is 3.81. The first-order valence-electron chi connectivity index (χ1n) is 7.85. The fourth-order valence-corrected chi connectivity index (χ4v) is 2.29. The van der Waals surface area contributed by atoms with Gasteiger partial charge in [-0.2, -0.15) is 0 Å². The Bertz CT molecular complexity index is 401. The van der Waals surface area contributed by atoms with E-state index in [1.165, 1.54) is 38.5 Å². The maximum Gasteiger partial charge on any atom is 1.00 e. The molecule has 0 unspecified atom stereocenters. The molecule has 0 radical (unpaired) electrons. The molecule has 22 heavy (non-hydrogen) atoms. The van der Waals surface area contributed by atoms with Gasteiger partial charge in [-0.3, -0.25) is 9.78 Å². The molecule has 0 aliphatic rings. The van der Waals surface area contributed by atoms with Crippen LogP contribution in [-0.4, -0.2) is 5.97 Å². The molecule has 0 N–H and O–H groups in total. The maximum atomic E-state index is 11.5. The number of halogens is 1. The van der Waals surface area contributed by atoms with Crippen LogP contribution in [0.5, 0.6) is 5.75 Å². The second-order valence-corrected chi connectivity index (χ2v) is 6.13. The van der Waals surface area contributed by atoms with Crippen LogP contribution in [0.3, 0.4) is 0 Å². The van der Waals surface area contributed by atoms with Gasteiger partial charge in [-0.15, -0.1) is 0 Å². The number of rotatable bonds is 11. The van der Waals surface area contributed by atoms with Crippen LogP contribution in [-0.2, 0) is 9.68 Å². The quantitative estimate of drug-likeness (QED) is 0.256. The Morgan fingerprint density at radius 1 is 1.00 bits per heavy atom. The molecule has 0 aliphatic carbocycles. The molecule has 120 valence electrons. The van der Waals surface area contributed by atoms with Crippen molar-refractivity contribution in [2.24, 2.45) is 0 Å². The molecule has 0 aromatic heterocycles. The van der Waals surface area contributed by atoms with E-state index >= 15 is 0 Å². The second-order valence-electron chi connectivity index (χ2n) is 5.22. The Hall–Kier alpha value is -0.0300. The van der Waals surface area contributed by atoms with E-state index in [9.17, 15) is 4.79 Å². The van der Waals surface area contributed by atoms with E-state index in [0.717, 1.165) is 17.3 Å². The molecular weight excluding hydrogens is 355 g/mol. The van der Waals surface area contributed by atoms with Gasteiger partial charge in [0, 0.05) is 4.47 Å². The van der Waals surface area contributed by atoms with Gasteiger partial charge < -0.3 is 1.43 Å². The van der Waals surface area contributed by atoms with Crippen LogP contribution in [0.15, 0.2) is 28.7 Å². The number of benzene rings is 1. The summed E-state index contributed by atoms with van der Waals surface area (Å²) in [5, 5.41) is 0. The fourth-order valence-electron chi connectivity index (χ4n) is 2.03. The van der Waals surface area contributed by atoms with Crippen molar-refractivity contribution in [3.63, 3.8) is 0 Å². The zero-order chi connectivity index (χ0) is 15.3. The monoisotopic (exact) mass is 380 g/mol. The van der Waals surface area contributed by atoms with E-state index in [2.05, 4.69) is 22.9 Å². The zero-order valence-electron chi connectivity index (χ0n) is 14.8. The largest absolute Gasteiger partial charge is 1.00 e. The number of carbonyl (C=O) groups is 1. The summed E-state index contributed by atoms with van der Waals surface area (Å²) in [7, 11) is 0. The van der Waals surface area contributed by atoms with Crippen molar-refractivity contribution in [3.8, 4) is 5.75 Å². The molecule has 5 heteroatoms. The predicted molar refractivity (Wildman–Crippen MR) is 89.2 cm³/mol. The van der Waals surface area contributed by atoms with Crippen LogP contribution < -0.4 is 34.4 Å². The summed E-state index contributed by atoms with van der Waals surface area (Å²) in [6.07, 6.45) is 10.1. The van der Waals surface area contributed by atoms with Crippen molar-refractivity contribution in [2.45, 2.75) is 64.7 Å². The van der Waals surface area contributed by atoms with Crippen LogP contribution in [0.4, 0.5) is 0 Å². The molecule has 0 spiro atoms. The standard InChI is InChI=1S/C17H25BrO3.Na.H/c1-2-3-4-5-6-7-8-9-10-17(19)21-20-16-13-11-15(18)12-14-16;;/h11-14H,2-10H2,1H3;;/q;+1;-1. The van der Waals surface area contributed by atoms with Crippen LogP contribution in [0.25, 0.3) is 0 Å². The number of hydrogen-bond acceptors (Lipinski definition) is 3. The Kier molecular flexibility index (Phi) is 14.5. The third kappa shape index (κ3) is 11.5. The summed E-state index contributed by atoms with van der Waals surface area (Å²) in [5.41, 5.74) is 0. The average molecular weight is 381 g/mol. The molecule has 1 aromatic carbocycles. The third-order valence-electron chi connectivity index (χ3n) is 3.28. The van der Waals surface area contributed by atoms with Crippen molar-refractivity contribution in [2.75, 3.05) is 0 Å². The van der Waals surface area contributed by atoms with Crippen molar-refractivity contribution in [1.82, 2.24) is 0 Å². The van der Waals surface area contributed by atoms with Crippen LogP contribution in [0, 0.1) is 0 Å². The summed E-state index contributed by atoms with van der Waals surface area (Å²) in [5.74, 6) is 0.228. The Morgan fingerprint density at radius 3 is 2.14 bits per heavy atom. The molecule has 0 bridgehead atoms. The second kappa shape index (κ2) is 14.6. The molecule has 1 rings (SSSR count). The summed E-state index contributed by atoms with van der Waals surface area (Å²) in [6.45, 7) is 2.22. The van der Waals surface area contributed by atoms with Crippen molar-refractivity contribution in [1.29, 1.82) is 0 Å². The molecule has 0 atom stereocenters. The van der Waals surface area contributed by atoms with Crippen molar-refractivity contribution >= 4 is 21.9 Å². The van der Waals surface area contributed by atoms with Gasteiger partial charge in [-0.1, -0.05) is 67.8 Å². The SMILES string of the molecule is CCCCCCCCCCC(=O)OOc1ccc(Br)cc1.[H-].[Na+]. The minimum atomic E-state index is -0.302. The van der Waals surface area contributed by atoms with E-state index in [-0.39, 0.29) is 37.0 Å². The van der Waals surface area contributed by atoms with Gasteiger partial charge >= 0.3 is 35.5 Å². The van der Waals surface area contributed by atoms with Gasteiger partial charge in [-0.05, 0) is 30.7 Å². The number of carbonyl (C=O) groups excluding carboxylic acids is 1. The van der Waals surface area contributed by atoms with Gasteiger partial charge in [0.05, 0.1) is 6.42 Å².